The number of halogens is 1. The number of nitrogens with one attached hydrogen (secondary N) is 2. The third kappa shape index (κ3) is 6.19. The van der Waals surface area contributed by atoms with E-state index in [2.05, 4.69) is 32.8 Å². The van der Waals surface area contributed by atoms with Gasteiger partial charge in [-0.05, 0) is 54.6 Å². The van der Waals surface area contributed by atoms with Gasteiger partial charge < -0.3 is 5.11 Å². The summed E-state index contributed by atoms with van der Waals surface area (Å²) in [4.78, 5) is 24.9. The van der Waals surface area contributed by atoms with Crippen molar-refractivity contribution in [3.05, 3.63) is 56.2 Å². The molecule has 138 valence electrons. The first kappa shape index (κ1) is 20.5. The van der Waals surface area contributed by atoms with Gasteiger partial charge in [0.15, 0.2) is 0 Å². The predicted molar refractivity (Wildman–Crippen MR) is 110 cm³/mol. The molecule has 0 saturated heterocycles. The van der Waals surface area contributed by atoms with Crippen LogP contribution < -0.4 is 10.9 Å². The molecule has 1 heterocycles. The van der Waals surface area contributed by atoms with E-state index in [1.165, 1.54) is 23.1 Å². The number of amides is 1. The van der Waals surface area contributed by atoms with Gasteiger partial charge in [0, 0.05) is 9.37 Å². The molecule has 1 amide bonds. The molecular weight excluding hydrogens is 436 g/mol. The average Bonchev–Trinajstić information content (AvgIpc) is 3.11. The Kier molecular flexibility index (Phi) is 7.74. The zero-order valence-corrected chi connectivity index (χ0v) is 17.6. The minimum atomic E-state index is -0.927. The molecule has 0 unspecified atom stereocenters. The highest BCUT2D eigenvalue weighted by Crippen LogP contribution is 2.28. The van der Waals surface area contributed by atoms with Crippen LogP contribution in [0.25, 0.3) is 5.70 Å². The Morgan fingerprint density at radius 3 is 2.69 bits per heavy atom. The number of thiophene rings is 1. The number of hydrazine groups is 1. The standard InChI is InChI=1S/C18H19BrN2O3S2/c1-11-9-16(12(2)8-13(11)19)26-10-17(22)21-20-14(5-6-18(23)24)15-4-3-7-25-15/h3-5,7-9,20H,6,10H2,1-2H3,(H,21,22)(H,23,24)/b14-5+. The Bertz CT molecular complexity index is 820. The molecule has 3 N–H and O–H groups in total. The third-order valence-electron chi connectivity index (χ3n) is 3.42. The molecule has 1 aromatic heterocycles. The zero-order chi connectivity index (χ0) is 19.1. The molecule has 0 radical (unpaired) electrons. The van der Waals surface area contributed by atoms with E-state index in [1.807, 2.05) is 37.4 Å². The normalized spacial score (nSPS) is 11.3. The van der Waals surface area contributed by atoms with Crippen molar-refractivity contribution in [1.29, 1.82) is 0 Å². The number of carboxylic acid groups (broad SMARTS) is 1. The Labute approximate surface area is 169 Å². The molecule has 0 atom stereocenters. The van der Waals surface area contributed by atoms with Crippen LogP contribution in [0.5, 0.6) is 0 Å². The van der Waals surface area contributed by atoms with Crippen LogP contribution in [0.15, 0.2) is 45.1 Å². The fourth-order valence-corrected chi connectivity index (χ4v) is 4.15. The summed E-state index contributed by atoms with van der Waals surface area (Å²) in [5, 5.41) is 10.7. The van der Waals surface area contributed by atoms with Gasteiger partial charge in [-0.2, -0.15) is 0 Å². The van der Waals surface area contributed by atoms with Crippen LogP contribution in [-0.4, -0.2) is 22.7 Å². The molecule has 0 aliphatic carbocycles. The summed E-state index contributed by atoms with van der Waals surface area (Å²) in [7, 11) is 0. The quantitative estimate of drug-likeness (QED) is 0.407. The van der Waals surface area contributed by atoms with Crippen LogP contribution in [0.1, 0.15) is 22.4 Å². The van der Waals surface area contributed by atoms with Crippen LogP contribution in [0.3, 0.4) is 0 Å². The molecule has 2 rings (SSSR count). The van der Waals surface area contributed by atoms with Crippen LogP contribution in [0.4, 0.5) is 0 Å². The first-order valence-electron chi connectivity index (χ1n) is 7.77. The van der Waals surface area contributed by atoms with Gasteiger partial charge in [0.1, 0.15) is 0 Å². The minimum Gasteiger partial charge on any atom is -0.481 e. The number of carbonyl (C=O) groups is 2. The molecule has 8 heteroatoms. The molecule has 1 aromatic carbocycles. The van der Waals surface area contributed by atoms with Crippen molar-refractivity contribution in [1.82, 2.24) is 10.9 Å². The summed E-state index contributed by atoms with van der Waals surface area (Å²) in [5.41, 5.74) is 8.28. The second kappa shape index (κ2) is 9.80. The highest BCUT2D eigenvalue weighted by Gasteiger charge is 2.09. The highest BCUT2D eigenvalue weighted by molar-refractivity contribution is 9.10. The third-order valence-corrected chi connectivity index (χ3v) is 6.33. The number of hydrogen-bond acceptors (Lipinski definition) is 5. The first-order chi connectivity index (χ1) is 12.4. The van der Waals surface area contributed by atoms with Gasteiger partial charge in [-0.3, -0.25) is 20.4 Å². The van der Waals surface area contributed by atoms with Crippen molar-refractivity contribution >= 4 is 56.6 Å². The second-order valence-electron chi connectivity index (χ2n) is 5.52. The summed E-state index contributed by atoms with van der Waals surface area (Å²) in [5.74, 6) is -0.859. The lowest BCUT2D eigenvalue weighted by Crippen LogP contribution is -2.37. The Balaban J connectivity index is 1.93. The monoisotopic (exact) mass is 454 g/mol. The zero-order valence-electron chi connectivity index (χ0n) is 14.3. The molecule has 0 bridgehead atoms. The Hall–Kier alpha value is -1.77. The van der Waals surface area contributed by atoms with Crippen LogP contribution >= 0.6 is 39.0 Å². The van der Waals surface area contributed by atoms with Crippen molar-refractivity contribution in [2.24, 2.45) is 0 Å². The Morgan fingerprint density at radius 2 is 2.04 bits per heavy atom. The number of aryl methyl sites for hydroxylation is 2. The van der Waals surface area contributed by atoms with Gasteiger partial charge in [0.25, 0.3) is 0 Å². The van der Waals surface area contributed by atoms with E-state index in [9.17, 15) is 9.59 Å². The maximum Gasteiger partial charge on any atom is 0.307 e. The summed E-state index contributed by atoms with van der Waals surface area (Å²) in [6.45, 7) is 4.02. The summed E-state index contributed by atoms with van der Waals surface area (Å²) in [6, 6.07) is 7.82. The summed E-state index contributed by atoms with van der Waals surface area (Å²) >= 11 is 6.43. The van der Waals surface area contributed by atoms with Gasteiger partial charge in [0.05, 0.1) is 22.7 Å². The smallest absolute Gasteiger partial charge is 0.307 e. The maximum absolute atomic E-state index is 12.1. The van der Waals surface area contributed by atoms with E-state index >= 15 is 0 Å². The van der Waals surface area contributed by atoms with Gasteiger partial charge in [-0.15, -0.1) is 23.1 Å². The van der Waals surface area contributed by atoms with E-state index in [4.69, 9.17) is 5.11 Å². The Morgan fingerprint density at radius 1 is 1.27 bits per heavy atom. The summed E-state index contributed by atoms with van der Waals surface area (Å²) in [6.07, 6.45) is 1.42. The van der Waals surface area contributed by atoms with Gasteiger partial charge in [-0.25, -0.2) is 0 Å². The number of rotatable bonds is 8. The van der Waals surface area contributed by atoms with E-state index < -0.39 is 5.97 Å². The van der Waals surface area contributed by atoms with Crippen molar-refractivity contribution in [3.63, 3.8) is 0 Å². The lowest BCUT2D eigenvalue weighted by Gasteiger charge is -2.12. The SMILES string of the molecule is Cc1cc(SCC(=O)NN/C(=C/CC(=O)O)c2cccs2)c(C)cc1Br. The first-order valence-corrected chi connectivity index (χ1v) is 10.4. The van der Waals surface area contributed by atoms with E-state index in [-0.39, 0.29) is 18.1 Å². The van der Waals surface area contributed by atoms with Gasteiger partial charge in [0.2, 0.25) is 5.91 Å². The molecule has 5 nitrogen and oxygen atoms in total. The van der Waals surface area contributed by atoms with Gasteiger partial charge >= 0.3 is 5.97 Å². The van der Waals surface area contributed by atoms with Crippen LogP contribution in [-0.2, 0) is 9.59 Å². The van der Waals surface area contributed by atoms with Crippen molar-refractivity contribution in [2.75, 3.05) is 5.75 Å². The molecule has 0 fully saturated rings. The maximum atomic E-state index is 12.1. The van der Waals surface area contributed by atoms with Crippen molar-refractivity contribution in [2.45, 2.75) is 25.2 Å². The number of carboxylic acids is 1. The van der Waals surface area contributed by atoms with E-state index in [1.54, 1.807) is 6.08 Å². The summed E-state index contributed by atoms with van der Waals surface area (Å²) < 4.78 is 1.05. The van der Waals surface area contributed by atoms with E-state index in [0.29, 0.717) is 5.70 Å². The molecule has 0 saturated carbocycles. The number of carbonyl (C=O) groups excluding carboxylic acids is 1. The molecule has 0 spiro atoms. The predicted octanol–water partition coefficient (Wildman–Crippen LogP) is 4.36. The molecule has 0 aliphatic rings. The topological polar surface area (TPSA) is 78.4 Å². The van der Waals surface area contributed by atoms with Crippen LogP contribution in [0, 0.1) is 13.8 Å². The molecular formula is C18H19BrN2O3S2. The van der Waals surface area contributed by atoms with Crippen molar-refractivity contribution < 1.29 is 14.7 Å². The lowest BCUT2D eigenvalue weighted by atomic mass is 10.2. The molecule has 2 aromatic rings. The lowest BCUT2D eigenvalue weighted by molar-refractivity contribution is -0.136. The minimum absolute atomic E-state index is 0.123. The van der Waals surface area contributed by atoms with Crippen molar-refractivity contribution in [3.8, 4) is 0 Å². The fourth-order valence-electron chi connectivity index (χ4n) is 2.06. The van der Waals surface area contributed by atoms with Gasteiger partial charge in [-0.1, -0.05) is 22.0 Å². The fraction of sp³-hybridized carbons (Fsp3) is 0.222. The van der Waals surface area contributed by atoms with E-state index in [0.717, 1.165) is 25.4 Å². The number of thioether (sulfide) groups is 1. The average molecular weight is 455 g/mol. The number of aliphatic carboxylic acids is 1. The molecule has 0 aliphatic heterocycles. The largest absolute Gasteiger partial charge is 0.481 e. The number of benzene rings is 1. The molecule has 26 heavy (non-hydrogen) atoms. The highest BCUT2D eigenvalue weighted by atomic mass is 79.9. The number of hydrogen-bond donors (Lipinski definition) is 3. The van der Waals surface area contributed by atoms with Crippen LogP contribution in [0.2, 0.25) is 0 Å². The second-order valence-corrected chi connectivity index (χ2v) is 8.34.